The lowest BCUT2D eigenvalue weighted by atomic mass is 9.79. The third-order valence-electron chi connectivity index (χ3n) is 4.71. The maximum Gasteiger partial charge on any atom is 0.494 e. The predicted octanol–water partition coefficient (Wildman–Crippen LogP) is 2.86. The van der Waals surface area contributed by atoms with Gasteiger partial charge in [-0.2, -0.15) is 0 Å². The summed E-state index contributed by atoms with van der Waals surface area (Å²) in [5.41, 5.74) is 0.895. The maximum absolute atomic E-state index is 12.2. The Morgan fingerprint density at radius 3 is 2.22 bits per heavy atom. The van der Waals surface area contributed by atoms with E-state index < -0.39 is 7.12 Å². The van der Waals surface area contributed by atoms with Crippen molar-refractivity contribution in [3.05, 3.63) is 24.3 Å². The SMILES string of the molecule is CCN(CC)C(=O)Nc1cccc(B2OC(C)(C)C(C)(C)O2)c1. The van der Waals surface area contributed by atoms with Crippen molar-refractivity contribution in [3.63, 3.8) is 0 Å². The van der Waals surface area contributed by atoms with E-state index in [0.717, 1.165) is 11.2 Å². The van der Waals surface area contributed by atoms with Crippen LogP contribution in [0.5, 0.6) is 0 Å². The molecule has 0 unspecified atom stereocenters. The van der Waals surface area contributed by atoms with Crippen molar-refractivity contribution in [3.8, 4) is 0 Å². The molecule has 6 heteroatoms. The standard InChI is InChI=1S/C17H27BN2O3/c1-7-20(8-2)15(21)19-14-11-9-10-13(12-14)18-22-16(3,4)17(5,6)23-18/h9-12H,7-8H2,1-6H3,(H,19,21). The van der Waals surface area contributed by atoms with Gasteiger partial charge < -0.3 is 19.5 Å². The summed E-state index contributed by atoms with van der Waals surface area (Å²) < 4.78 is 12.1. The smallest absolute Gasteiger partial charge is 0.399 e. The fraction of sp³-hybridized carbons (Fsp3) is 0.588. The summed E-state index contributed by atoms with van der Waals surface area (Å²) in [6, 6.07) is 7.54. The number of amides is 2. The highest BCUT2D eigenvalue weighted by Crippen LogP contribution is 2.36. The van der Waals surface area contributed by atoms with E-state index in [9.17, 15) is 4.79 Å². The van der Waals surface area contributed by atoms with E-state index in [1.54, 1.807) is 4.90 Å². The Balaban J connectivity index is 2.14. The van der Waals surface area contributed by atoms with Gasteiger partial charge >= 0.3 is 13.1 Å². The van der Waals surface area contributed by atoms with E-state index in [0.29, 0.717) is 13.1 Å². The molecule has 23 heavy (non-hydrogen) atoms. The van der Waals surface area contributed by atoms with Crippen LogP contribution in [0.15, 0.2) is 24.3 Å². The van der Waals surface area contributed by atoms with Crippen molar-refractivity contribution in [2.45, 2.75) is 52.7 Å². The molecular weight excluding hydrogens is 291 g/mol. The minimum absolute atomic E-state index is 0.0962. The van der Waals surface area contributed by atoms with E-state index in [-0.39, 0.29) is 17.2 Å². The fourth-order valence-corrected chi connectivity index (χ4v) is 2.46. The average Bonchev–Trinajstić information content (AvgIpc) is 2.69. The van der Waals surface area contributed by atoms with Gasteiger partial charge in [0.25, 0.3) is 0 Å². The second-order valence-electron chi connectivity index (χ2n) is 6.82. The van der Waals surface area contributed by atoms with Crippen LogP contribution in [0.1, 0.15) is 41.5 Å². The number of nitrogens with one attached hydrogen (secondary N) is 1. The highest BCUT2D eigenvalue weighted by atomic mass is 16.7. The minimum atomic E-state index is -0.426. The van der Waals surface area contributed by atoms with Gasteiger partial charge in [-0.05, 0) is 59.1 Å². The second kappa shape index (κ2) is 6.53. The Kier molecular flexibility index (Phi) is 5.06. The first-order valence-corrected chi connectivity index (χ1v) is 8.21. The van der Waals surface area contributed by atoms with E-state index in [2.05, 4.69) is 5.32 Å². The van der Waals surface area contributed by atoms with Crippen LogP contribution in [0.3, 0.4) is 0 Å². The molecule has 1 N–H and O–H groups in total. The molecule has 2 amide bonds. The van der Waals surface area contributed by atoms with Gasteiger partial charge in [0.05, 0.1) is 11.2 Å². The molecule has 0 radical (unpaired) electrons. The van der Waals surface area contributed by atoms with Gasteiger partial charge in [-0.25, -0.2) is 4.79 Å². The van der Waals surface area contributed by atoms with Crippen molar-refractivity contribution in [2.24, 2.45) is 0 Å². The van der Waals surface area contributed by atoms with Crippen molar-refractivity contribution < 1.29 is 14.1 Å². The monoisotopic (exact) mass is 318 g/mol. The number of carbonyl (C=O) groups excluding carboxylic acids is 1. The van der Waals surface area contributed by atoms with Gasteiger partial charge in [0.15, 0.2) is 0 Å². The Bertz CT molecular complexity index is 555. The van der Waals surface area contributed by atoms with Crippen molar-refractivity contribution in [2.75, 3.05) is 18.4 Å². The molecule has 2 rings (SSSR count). The average molecular weight is 318 g/mol. The normalized spacial score (nSPS) is 18.8. The second-order valence-corrected chi connectivity index (χ2v) is 6.82. The highest BCUT2D eigenvalue weighted by Gasteiger charge is 2.51. The van der Waals surface area contributed by atoms with Crippen LogP contribution >= 0.6 is 0 Å². The Morgan fingerprint density at radius 2 is 1.70 bits per heavy atom. The Morgan fingerprint density at radius 1 is 1.13 bits per heavy atom. The zero-order valence-corrected chi connectivity index (χ0v) is 15.0. The number of rotatable bonds is 4. The third kappa shape index (κ3) is 3.70. The van der Waals surface area contributed by atoms with Gasteiger partial charge in [-0.1, -0.05) is 12.1 Å². The van der Waals surface area contributed by atoms with E-state index >= 15 is 0 Å². The summed E-state index contributed by atoms with van der Waals surface area (Å²) in [5.74, 6) is 0. The van der Waals surface area contributed by atoms with Crippen LogP contribution in [0.4, 0.5) is 10.5 Å². The number of nitrogens with zero attached hydrogens (tertiary/aromatic N) is 1. The van der Waals surface area contributed by atoms with Crippen LogP contribution in [0.25, 0.3) is 0 Å². The number of hydrogen-bond acceptors (Lipinski definition) is 3. The number of benzene rings is 1. The van der Waals surface area contributed by atoms with Gasteiger partial charge in [-0.15, -0.1) is 0 Å². The van der Waals surface area contributed by atoms with Crippen LogP contribution < -0.4 is 10.8 Å². The summed E-state index contributed by atoms with van der Waals surface area (Å²) in [6.07, 6.45) is 0. The van der Waals surface area contributed by atoms with Gasteiger partial charge in [0, 0.05) is 18.8 Å². The van der Waals surface area contributed by atoms with Crippen LogP contribution in [-0.2, 0) is 9.31 Å². The van der Waals surface area contributed by atoms with Gasteiger partial charge in [0.2, 0.25) is 0 Å². The molecule has 126 valence electrons. The van der Waals surface area contributed by atoms with Crippen LogP contribution in [-0.4, -0.2) is 42.3 Å². The highest BCUT2D eigenvalue weighted by molar-refractivity contribution is 6.62. The van der Waals surface area contributed by atoms with E-state index in [4.69, 9.17) is 9.31 Å². The third-order valence-corrected chi connectivity index (χ3v) is 4.71. The molecule has 0 atom stereocenters. The summed E-state index contributed by atoms with van der Waals surface area (Å²) in [4.78, 5) is 13.9. The first-order chi connectivity index (χ1) is 10.7. The molecule has 1 saturated heterocycles. The molecule has 1 aliphatic heterocycles. The number of urea groups is 1. The first-order valence-electron chi connectivity index (χ1n) is 8.21. The molecule has 0 aromatic heterocycles. The lowest BCUT2D eigenvalue weighted by Gasteiger charge is -2.32. The summed E-state index contributed by atoms with van der Waals surface area (Å²) >= 11 is 0. The number of carbonyl (C=O) groups is 1. The molecule has 1 fully saturated rings. The molecule has 0 bridgehead atoms. The van der Waals surface area contributed by atoms with Crippen molar-refractivity contribution in [1.29, 1.82) is 0 Å². The van der Waals surface area contributed by atoms with Crippen molar-refractivity contribution in [1.82, 2.24) is 4.90 Å². The zero-order valence-electron chi connectivity index (χ0n) is 15.0. The lowest BCUT2D eigenvalue weighted by molar-refractivity contribution is 0.00578. The van der Waals surface area contributed by atoms with E-state index in [1.165, 1.54) is 0 Å². The quantitative estimate of drug-likeness (QED) is 0.869. The topological polar surface area (TPSA) is 50.8 Å². The van der Waals surface area contributed by atoms with Crippen LogP contribution in [0, 0.1) is 0 Å². The summed E-state index contributed by atoms with van der Waals surface area (Å²) in [7, 11) is -0.426. The lowest BCUT2D eigenvalue weighted by Crippen LogP contribution is -2.41. The first kappa shape index (κ1) is 17.8. The van der Waals surface area contributed by atoms with Gasteiger partial charge in [-0.3, -0.25) is 0 Å². The zero-order chi connectivity index (χ0) is 17.3. The molecule has 0 spiro atoms. The van der Waals surface area contributed by atoms with E-state index in [1.807, 2.05) is 65.8 Å². The predicted molar refractivity (Wildman–Crippen MR) is 94.1 cm³/mol. The molecule has 5 nitrogen and oxygen atoms in total. The minimum Gasteiger partial charge on any atom is -0.399 e. The Labute approximate surface area is 139 Å². The largest absolute Gasteiger partial charge is 0.494 e. The molecule has 0 aliphatic carbocycles. The molecule has 1 aromatic carbocycles. The maximum atomic E-state index is 12.2. The number of hydrogen-bond donors (Lipinski definition) is 1. The van der Waals surface area contributed by atoms with Gasteiger partial charge in [0.1, 0.15) is 0 Å². The molecule has 1 aliphatic rings. The molecule has 0 saturated carbocycles. The van der Waals surface area contributed by atoms with Crippen molar-refractivity contribution >= 4 is 24.3 Å². The number of anilines is 1. The summed E-state index contributed by atoms with van der Waals surface area (Å²) in [5, 5.41) is 2.93. The van der Waals surface area contributed by atoms with Crippen LogP contribution in [0.2, 0.25) is 0 Å². The fourth-order valence-electron chi connectivity index (χ4n) is 2.46. The molecule has 1 aromatic rings. The molecular formula is C17H27BN2O3. The molecule has 1 heterocycles. The Hall–Kier alpha value is -1.53. The summed E-state index contributed by atoms with van der Waals surface area (Å²) in [6.45, 7) is 13.4.